The highest BCUT2D eigenvalue weighted by Gasteiger charge is 2.30. The lowest BCUT2D eigenvalue weighted by Crippen LogP contribution is -2.18. The van der Waals surface area contributed by atoms with E-state index in [-0.39, 0.29) is 24.3 Å². The average Bonchev–Trinajstić information content (AvgIpc) is 3.57. The van der Waals surface area contributed by atoms with Gasteiger partial charge in [-0.1, -0.05) is 68.4 Å². The van der Waals surface area contributed by atoms with E-state index in [0.717, 1.165) is 17.7 Å². The Kier molecular flexibility index (Phi) is 8.17. The summed E-state index contributed by atoms with van der Waals surface area (Å²) in [6.45, 7) is 8.09. The minimum Gasteiger partial charge on any atom is -0.486 e. The number of benzene rings is 3. The molecule has 0 unspecified atom stereocenters. The highest BCUT2D eigenvalue weighted by molar-refractivity contribution is 6.02. The summed E-state index contributed by atoms with van der Waals surface area (Å²) in [5.41, 5.74) is 3.57. The highest BCUT2D eigenvalue weighted by atomic mass is 19.4. The number of nitrogens with one attached hydrogen (secondary N) is 1. The molecule has 0 aliphatic heterocycles. The molecule has 6 nitrogen and oxygen atoms in total. The van der Waals surface area contributed by atoms with Crippen LogP contribution in [0.2, 0.25) is 0 Å². The molecule has 0 saturated heterocycles. The largest absolute Gasteiger partial charge is 0.486 e. The first-order valence-corrected chi connectivity index (χ1v) is 13.8. The number of halogens is 3. The van der Waals surface area contributed by atoms with Crippen LogP contribution in [0.3, 0.4) is 0 Å². The zero-order chi connectivity index (χ0) is 30.8. The number of nitrogens with zero attached hydrogens (tertiary/aromatic N) is 2. The van der Waals surface area contributed by atoms with Gasteiger partial charge in [-0.15, -0.1) is 0 Å². The van der Waals surface area contributed by atoms with Crippen LogP contribution >= 0.6 is 0 Å². The van der Waals surface area contributed by atoms with E-state index in [0.29, 0.717) is 34.1 Å². The maximum absolute atomic E-state index is 13.1. The molecular weight excluding hydrogens is 555 g/mol. The predicted molar refractivity (Wildman–Crippen MR) is 158 cm³/mol. The Labute approximate surface area is 248 Å². The molecule has 5 aromatic rings. The quantitative estimate of drug-likeness (QED) is 0.188. The van der Waals surface area contributed by atoms with Crippen molar-refractivity contribution in [1.82, 2.24) is 9.78 Å². The van der Waals surface area contributed by atoms with Crippen molar-refractivity contribution in [2.24, 2.45) is 0 Å². The van der Waals surface area contributed by atoms with Gasteiger partial charge in [-0.2, -0.15) is 18.3 Å². The Morgan fingerprint density at radius 3 is 2.26 bits per heavy atom. The van der Waals surface area contributed by atoms with E-state index in [1.165, 1.54) is 11.6 Å². The van der Waals surface area contributed by atoms with Crippen molar-refractivity contribution >= 4 is 11.6 Å². The third-order valence-electron chi connectivity index (χ3n) is 7.54. The second-order valence-electron chi connectivity index (χ2n) is 10.9. The molecule has 3 aromatic carbocycles. The summed E-state index contributed by atoms with van der Waals surface area (Å²) in [6, 6.07) is 26.6. The first-order valence-electron chi connectivity index (χ1n) is 13.8. The van der Waals surface area contributed by atoms with Crippen molar-refractivity contribution < 1.29 is 27.1 Å². The van der Waals surface area contributed by atoms with E-state index in [2.05, 4.69) is 36.4 Å². The zero-order valence-corrected chi connectivity index (χ0v) is 24.3. The van der Waals surface area contributed by atoms with Crippen molar-refractivity contribution in [2.75, 3.05) is 5.32 Å². The number of amides is 1. The fraction of sp³-hybridized carbons (Fsp3) is 0.235. The molecular formula is C34H32F3N3O3. The topological polar surface area (TPSA) is 69.3 Å². The molecule has 0 saturated carbocycles. The summed E-state index contributed by atoms with van der Waals surface area (Å²) in [7, 11) is 0. The molecule has 0 radical (unpaired) electrons. The number of carbonyl (C=O) groups excluding carboxylic acids is 1. The van der Waals surface area contributed by atoms with Gasteiger partial charge in [-0.25, -0.2) is 0 Å². The second kappa shape index (κ2) is 11.8. The van der Waals surface area contributed by atoms with Crippen molar-refractivity contribution in [3.05, 3.63) is 136 Å². The number of ether oxygens (including phenoxy) is 1. The van der Waals surface area contributed by atoms with Crippen molar-refractivity contribution in [3.8, 4) is 5.75 Å². The van der Waals surface area contributed by atoms with Gasteiger partial charge in [0.05, 0.1) is 29.2 Å². The van der Waals surface area contributed by atoms with E-state index in [1.54, 1.807) is 36.7 Å². The molecule has 2 aromatic heterocycles. The number of alkyl halides is 3. The lowest BCUT2D eigenvalue weighted by atomic mass is 9.78. The molecule has 0 fully saturated rings. The standard InChI is InChI=1S/C34H32F3N3O3/c1-22-31(23(2)40(39-22)20-24-9-8-12-27(19-24)34(35,36)37)38-32(41)30-18-17-29(43-30)21-42-28-15-13-26(14-16-28)33(3,4)25-10-6-5-7-11-25/h5-19H,20-21H2,1-4H3,(H,38,41). The van der Waals surface area contributed by atoms with E-state index in [4.69, 9.17) is 9.15 Å². The summed E-state index contributed by atoms with van der Waals surface area (Å²) in [4.78, 5) is 13.0. The second-order valence-corrected chi connectivity index (χ2v) is 10.9. The first kappa shape index (κ1) is 29.7. The average molecular weight is 588 g/mol. The van der Waals surface area contributed by atoms with Crippen LogP contribution < -0.4 is 10.1 Å². The zero-order valence-electron chi connectivity index (χ0n) is 24.3. The van der Waals surface area contributed by atoms with E-state index in [1.807, 2.05) is 42.5 Å². The molecule has 9 heteroatoms. The van der Waals surface area contributed by atoms with Crippen molar-refractivity contribution in [2.45, 2.75) is 52.4 Å². The lowest BCUT2D eigenvalue weighted by Gasteiger charge is -2.26. The van der Waals surface area contributed by atoms with Gasteiger partial charge in [0.15, 0.2) is 5.76 Å². The van der Waals surface area contributed by atoms with Crippen LogP contribution in [0.1, 0.15) is 63.8 Å². The van der Waals surface area contributed by atoms with Gasteiger partial charge in [-0.3, -0.25) is 9.48 Å². The molecule has 1 N–H and O–H groups in total. The molecule has 222 valence electrons. The summed E-state index contributed by atoms with van der Waals surface area (Å²) >= 11 is 0. The van der Waals surface area contributed by atoms with Gasteiger partial charge in [0, 0.05) is 5.41 Å². The monoisotopic (exact) mass is 587 g/mol. The Morgan fingerprint density at radius 2 is 1.56 bits per heavy atom. The summed E-state index contributed by atoms with van der Waals surface area (Å²) in [6.07, 6.45) is -4.43. The Hall–Kier alpha value is -4.79. The minimum absolute atomic E-state index is 0.1000. The van der Waals surface area contributed by atoms with Crippen LogP contribution in [-0.4, -0.2) is 15.7 Å². The number of rotatable bonds is 9. The van der Waals surface area contributed by atoms with Crippen molar-refractivity contribution in [3.63, 3.8) is 0 Å². The molecule has 0 atom stereocenters. The van der Waals surface area contributed by atoms with Crippen molar-refractivity contribution in [1.29, 1.82) is 0 Å². The van der Waals surface area contributed by atoms with Crippen LogP contribution in [-0.2, 0) is 24.7 Å². The summed E-state index contributed by atoms with van der Waals surface area (Å²) in [5.74, 6) is 0.786. The van der Waals surface area contributed by atoms with Crippen LogP contribution in [0.15, 0.2) is 95.4 Å². The fourth-order valence-electron chi connectivity index (χ4n) is 4.95. The van der Waals surface area contributed by atoms with Crippen LogP contribution in [0.5, 0.6) is 5.75 Å². The normalized spacial score (nSPS) is 11.9. The summed E-state index contributed by atoms with van der Waals surface area (Å²) in [5, 5.41) is 7.24. The Morgan fingerprint density at radius 1 is 0.884 bits per heavy atom. The molecule has 0 bridgehead atoms. The van der Waals surface area contributed by atoms with Gasteiger partial charge < -0.3 is 14.5 Å². The number of hydrogen-bond donors (Lipinski definition) is 1. The third-order valence-corrected chi connectivity index (χ3v) is 7.54. The lowest BCUT2D eigenvalue weighted by molar-refractivity contribution is -0.137. The Bertz CT molecular complexity index is 1720. The number of carbonyl (C=O) groups is 1. The maximum Gasteiger partial charge on any atom is 0.416 e. The van der Waals surface area contributed by atoms with Gasteiger partial charge in [0.1, 0.15) is 18.1 Å². The third kappa shape index (κ3) is 6.66. The van der Waals surface area contributed by atoms with Crippen LogP contribution in [0, 0.1) is 13.8 Å². The van der Waals surface area contributed by atoms with E-state index in [9.17, 15) is 18.0 Å². The number of furan rings is 1. The van der Waals surface area contributed by atoms with Gasteiger partial charge in [-0.05, 0) is 66.9 Å². The molecule has 5 rings (SSSR count). The van der Waals surface area contributed by atoms with Crippen LogP contribution in [0.4, 0.5) is 18.9 Å². The summed E-state index contributed by atoms with van der Waals surface area (Å²) < 4.78 is 52.5. The van der Waals surface area contributed by atoms with Gasteiger partial charge in [0.2, 0.25) is 0 Å². The number of anilines is 1. The number of aryl methyl sites for hydroxylation is 1. The van der Waals surface area contributed by atoms with Crippen LogP contribution in [0.25, 0.3) is 0 Å². The first-order chi connectivity index (χ1) is 20.4. The molecule has 0 aliphatic carbocycles. The molecule has 43 heavy (non-hydrogen) atoms. The molecule has 2 heterocycles. The highest BCUT2D eigenvalue weighted by Crippen LogP contribution is 2.33. The molecule has 0 aliphatic rings. The van der Waals surface area contributed by atoms with E-state index >= 15 is 0 Å². The predicted octanol–water partition coefficient (Wildman–Crippen LogP) is 8.32. The fourth-order valence-corrected chi connectivity index (χ4v) is 4.95. The minimum atomic E-state index is -4.43. The SMILES string of the molecule is Cc1nn(Cc2cccc(C(F)(F)F)c2)c(C)c1NC(=O)c1ccc(COc2ccc(C(C)(C)c3ccccc3)cc2)o1. The molecule has 1 amide bonds. The number of hydrogen-bond acceptors (Lipinski definition) is 4. The van der Waals surface area contributed by atoms with E-state index < -0.39 is 17.6 Å². The van der Waals surface area contributed by atoms with Gasteiger partial charge >= 0.3 is 6.18 Å². The smallest absolute Gasteiger partial charge is 0.416 e. The van der Waals surface area contributed by atoms with Gasteiger partial charge in [0.25, 0.3) is 5.91 Å². The maximum atomic E-state index is 13.1. The Balaban J connectivity index is 1.20. The molecule has 0 spiro atoms. The number of aromatic nitrogens is 2.